The molecule has 2 aromatic rings. The number of piperazine rings is 1. The second-order valence-electron chi connectivity index (χ2n) is 6.68. The van der Waals surface area contributed by atoms with Crippen molar-refractivity contribution in [1.29, 1.82) is 0 Å². The van der Waals surface area contributed by atoms with Crippen LogP contribution in [0.4, 0.5) is 17.6 Å². The molecule has 0 atom stereocenters. The van der Waals surface area contributed by atoms with Gasteiger partial charge in [-0.1, -0.05) is 0 Å². The maximum atomic E-state index is 5.54. The first kappa shape index (κ1) is 17.0. The van der Waals surface area contributed by atoms with Gasteiger partial charge in [0.2, 0.25) is 5.95 Å². The van der Waals surface area contributed by atoms with E-state index in [9.17, 15) is 0 Å². The van der Waals surface area contributed by atoms with E-state index in [-0.39, 0.29) is 0 Å². The van der Waals surface area contributed by atoms with Crippen LogP contribution < -0.4 is 15.1 Å². The van der Waals surface area contributed by atoms with Crippen molar-refractivity contribution in [1.82, 2.24) is 20.2 Å². The zero-order valence-corrected chi connectivity index (χ0v) is 15.4. The molecule has 2 aliphatic rings. The van der Waals surface area contributed by atoms with Crippen LogP contribution in [0.5, 0.6) is 0 Å². The molecule has 8 heteroatoms. The normalized spacial score (nSPS) is 17.2. The number of anilines is 3. The Morgan fingerprint density at radius 1 is 1.08 bits per heavy atom. The van der Waals surface area contributed by atoms with Gasteiger partial charge in [-0.05, 0) is 19.9 Å². The van der Waals surface area contributed by atoms with Gasteiger partial charge in [0.25, 0.3) is 0 Å². The summed E-state index contributed by atoms with van der Waals surface area (Å²) in [5.74, 6) is 2.62. The Hall–Kier alpha value is -2.48. The van der Waals surface area contributed by atoms with Gasteiger partial charge in [-0.25, -0.2) is 4.98 Å². The van der Waals surface area contributed by atoms with E-state index in [1.807, 2.05) is 13.0 Å². The minimum Gasteiger partial charge on any atom is -0.376 e. The van der Waals surface area contributed by atoms with Crippen molar-refractivity contribution in [2.45, 2.75) is 26.9 Å². The third-order valence-corrected chi connectivity index (χ3v) is 4.77. The molecule has 0 saturated carbocycles. The average Bonchev–Trinajstić information content (AvgIpc) is 2.67. The maximum Gasteiger partial charge on any atom is 0.227 e. The lowest BCUT2D eigenvalue weighted by Gasteiger charge is -2.35. The summed E-state index contributed by atoms with van der Waals surface area (Å²) in [6, 6.07) is 4.11. The zero-order valence-electron chi connectivity index (χ0n) is 15.4. The second kappa shape index (κ2) is 7.41. The van der Waals surface area contributed by atoms with Crippen molar-refractivity contribution in [2.24, 2.45) is 0 Å². The molecule has 0 unspecified atom stereocenters. The van der Waals surface area contributed by atoms with Gasteiger partial charge in [0.15, 0.2) is 5.82 Å². The van der Waals surface area contributed by atoms with Crippen LogP contribution in [0.2, 0.25) is 0 Å². The first-order valence-electron chi connectivity index (χ1n) is 9.25. The van der Waals surface area contributed by atoms with Crippen LogP contribution in [-0.4, -0.2) is 59.5 Å². The molecule has 0 aliphatic carbocycles. The van der Waals surface area contributed by atoms with Crippen LogP contribution in [0, 0.1) is 6.92 Å². The van der Waals surface area contributed by atoms with E-state index in [1.54, 1.807) is 0 Å². The summed E-state index contributed by atoms with van der Waals surface area (Å²) in [5.41, 5.74) is 3.22. The zero-order chi connectivity index (χ0) is 17.9. The van der Waals surface area contributed by atoms with E-state index in [2.05, 4.69) is 48.3 Å². The third-order valence-electron chi connectivity index (χ3n) is 4.77. The molecule has 0 bridgehead atoms. The van der Waals surface area contributed by atoms with E-state index in [4.69, 9.17) is 4.74 Å². The lowest BCUT2D eigenvalue weighted by Crippen LogP contribution is -2.47. The van der Waals surface area contributed by atoms with Crippen molar-refractivity contribution in [3.8, 4) is 0 Å². The predicted molar refractivity (Wildman–Crippen MR) is 101 cm³/mol. The number of aromatic nitrogens is 4. The van der Waals surface area contributed by atoms with Crippen LogP contribution >= 0.6 is 0 Å². The largest absolute Gasteiger partial charge is 0.376 e. The molecule has 8 nitrogen and oxygen atoms in total. The first-order chi connectivity index (χ1) is 12.7. The lowest BCUT2D eigenvalue weighted by atomic mass is 10.1. The van der Waals surface area contributed by atoms with Crippen molar-refractivity contribution >= 4 is 17.6 Å². The molecular weight excluding hydrogens is 330 g/mol. The molecule has 1 fully saturated rings. The Labute approximate surface area is 153 Å². The number of aryl methyl sites for hydroxylation is 1. The number of nitrogens with one attached hydrogen (secondary N) is 1. The van der Waals surface area contributed by atoms with Crippen molar-refractivity contribution in [2.75, 3.05) is 54.4 Å². The van der Waals surface area contributed by atoms with Crippen molar-refractivity contribution < 1.29 is 4.74 Å². The van der Waals surface area contributed by atoms with Crippen LogP contribution in [0.25, 0.3) is 0 Å². The number of hydrogen-bond acceptors (Lipinski definition) is 8. The topological polar surface area (TPSA) is 79.3 Å². The summed E-state index contributed by atoms with van der Waals surface area (Å²) >= 11 is 0. The monoisotopic (exact) mass is 355 g/mol. The predicted octanol–water partition coefficient (Wildman–Crippen LogP) is 1.41. The molecule has 4 rings (SSSR count). The fraction of sp³-hybridized carbons (Fsp3) is 0.556. The smallest absolute Gasteiger partial charge is 0.227 e. The Kier molecular flexibility index (Phi) is 4.83. The number of ether oxygens (including phenoxy) is 1. The molecule has 0 radical (unpaired) electrons. The van der Waals surface area contributed by atoms with Gasteiger partial charge in [0, 0.05) is 56.5 Å². The minimum atomic E-state index is 0.641. The fourth-order valence-electron chi connectivity index (χ4n) is 3.39. The van der Waals surface area contributed by atoms with Gasteiger partial charge in [-0.2, -0.15) is 10.1 Å². The van der Waals surface area contributed by atoms with Crippen LogP contribution in [0.15, 0.2) is 12.1 Å². The Morgan fingerprint density at radius 2 is 1.88 bits per heavy atom. The molecule has 0 aromatic carbocycles. The van der Waals surface area contributed by atoms with Crippen molar-refractivity contribution in [3.63, 3.8) is 0 Å². The molecule has 26 heavy (non-hydrogen) atoms. The van der Waals surface area contributed by atoms with Gasteiger partial charge in [-0.3, -0.25) is 0 Å². The molecule has 138 valence electrons. The molecule has 4 heterocycles. The van der Waals surface area contributed by atoms with E-state index >= 15 is 0 Å². The molecule has 0 amide bonds. The van der Waals surface area contributed by atoms with Gasteiger partial charge >= 0.3 is 0 Å². The van der Waals surface area contributed by atoms with Gasteiger partial charge in [0.1, 0.15) is 5.82 Å². The Bertz CT molecular complexity index is 774. The molecule has 1 N–H and O–H groups in total. The Balaban J connectivity index is 1.44. The highest BCUT2D eigenvalue weighted by Crippen LogP contribution is 2.21. The molecule has 2 aliphatic heterocycles. The summed E-state index contributed by atoms with van der Waals surface area (Å²) in [6.07, 6.45) is 0.856. The van der Waals surface area contributed by atoms with E-state index in [0.29, 0.717) is 6.61 Å². The first-order valence-corrected chi connectivity index (χ1v) is 9.25. The number of hydrogen-bond donors (Lipinski definition) is 1. The van der Waals surface area contributed by atoms with Crippen LogP contribution in [-0.2, 0) is 17.8 Å². The van der Waals surface area contributed by atoms with E-state index in [1.165, 1.54) is 5.56 Å². The summed E-state index contributed by atoms with van der Waals surface area (Å²) in [7, 11) is 0. The summed E-state index contributed by atoms with van der Waals surface area (Å²) in [4.78, 5) is 13.8. The number of fused-ring (bicyclic) bond motifs is 1. The highest BCUT2D eigenvalue weighted by Gasteiger charge is 2.22. The highest BCUT2D eigenvalue weighted by atomic mass is 16.5. The van der Waals surface area contributed by atoms with Crippen molar-refractivity contribution in [3.05, 3.63) is 29.1 Å². The lowest BCUT2D eigenvalue weighted by molar-refractivity contribution is 0.109. The van der Waals surface area contributed by atoms with Gasteiger partial charge in [0.05, 0.1) is 18.9 Å². The van der Waals surface area contributed by atoms with Gasteiger partial charge in [-0.15, -0.1) is 5.10 Å². The van der Waals surface area contributed by atoms with E-state index in [0.717, 1.165) is 74.7 Å². The third kappa shape index (κ3) is 3.55. The second-order valence-corrected chi connectivity index (χ2v) is 6.68. The number of nitrogens with zero attached hydrogens (tertiary/aromatic N) is 6. The van der Waals surface area contributed by atoms with Crippen LogP contribution in [0.3, 0.4) is 0 Å². The quantitative estimate of drug-likeness (QED) is 0.882. The standard InChI is InChI=1S/C18H25N7O/c1-3-19-16-10-13(2)20-18(21-16)25-7-5-24(6-8-25)17-11-14-12-26-9-4-15(14)22-23-17/h10-11H,3-9,12H2,1-2H3,(H,19,20,21). The number of rotatable bonds is 4. The van der Waals surface area contributed by atoms with E-state index < -0.39 is 0 Å². The summed E-state index contributed by atoms with van der Waals surface area (Å²) < 4.78 is 5.54. The molecule has 2 aromatic heterocycles. The molecular formula is C18H25N7O. The SMILES string of the molecule is CCNc1cc(C)nc(N2CCN(c3cc4c(nn3)CCOC4)CC2)n1. The molecule has 0 spiro atoms. The molecule has 1 saturated heterocycles. The fourth-order valence-corrected chi connectivity index (χ4v) is 3.39. The summed E-state index contributed by atoms with van der Waals surface area (Å²) in [6.45, 7) is 9.80. The summed E-state index contributed by atoms with van der Waals surface area (Å²) in [5, 5.41) is 12.1. The Morgan fingerprint density at radius 3 is 2.69 bits per heavy atom. The average molecular weight is 355 g/mol. The van der Waals surface area contributed by atoms with Gasteiger partial charge < -0.3 is 19.9 Å². The highest BCUT2D eigenvalue weighted by molar-refractivity contribution is 5.47. The minimum absolute atomic E-state index is 0.641. The van der Waals surface area contributed by atoms with Crippen LogP contribution in [0.1, 0.15) is 23.9 Å². The maximum absolute atomic E-state index is 5.54.